The number of thiophene rings is 1. The van der Waals surface area contributed by atoms with E-state index in [4.69, 9.17) is 4.74 Å². The van der Waals surface area contributed by atoms with Crippen LogP contribution in [0, 0.1) is 0 Å². The van der Waals surface area contributed by atoms with Crippen LogP contribution in [0.3, 0.4) is 0 Å². The maximum absolute atomic E-state index is 13.1. The number of aliphatic hydroxyl groups is 1. The first kappa shape index (κ1) is 22.6. The number of rotatable bonds is 8. The van der Waals surface area contributed by atoms with E-state index in [1.807, 2.05) is 36.6 Å². The van der Waals surface area contributed by atoms with Gasteiger partial charge in [-0.25, -0.2) is 0 Å². The molecule has 1 amide bonds. The van der Waals surface area contributed by atoms with Crippen molar-refractivity contribution in [1.29, 1.82) is 0 Å². The summed E-state index contributed by atoms with van der Waals surface area (Å²) in [5.74, 6) is -0.465. The first-order valence-electron chi connectivity index (χ1n) is 11.3. The highest BCUT2D eigenvalue weighted by atomic mass is 32.1. The molecule has 1 aromatic heterocycles. The summed E-state index contributed by atoms with van der Waals surface area (Å²) in [4.78, 5) is 30.9. The van der Waals surface area contributed by atoms with Crippen LogP contribution in [0.2, 0.25) is 0 Å². The molecule has 2 atom stereocenters. The number of hydrogen-bond acceptors (Lipinski definition) is 6. The molecule has 2 aromatic rings. The van der Waals surface area contributed by atoms with Gasteiger partial charge in [-0.15, -0.1) is 11.3 Å². The number of ether oxygens (including phenoxy) is 1. The van der Waals surface area contributed by atoms with Crippen LogP contribution in [0.5, 0.6) is 5.75 Å². The van der Waals surface area contributed by atoms with Crippen molar-refractivity contribution in [3.8, 4) is 5.75 Å². The van der Waals surface area contributed by atoms with Gasteiger partial charge in [0.2, 0.25) is 0 Å². The van der Waals surface area contributed by atoms with Crippen molar-refractivity contribution in [2.45, 2.75) is 45.8 Å². The van der Waals surface area contributed by atoms with Crippen LogP contribution in [-0.2, 0) is 16.0 Å². The molecule has 1 saturated heterocycles. The molecule has 2 aliphatic heterocycles. The Morgan fingerprint density at radius 2 is 2.03 bits per heavy atom. The van der Waals surface area contributed by atoms with E-state index < -0.39 is 17.7 Å². The quantitative estimate of drug-likeness (QED) is 0.367. The normalized spacial score (nSPS) is 21.9. The van der Waals surface area contributed by atoms with Gasteiger partial charge in [0.25, 0.3) is 11.7 Å². The van der Waals surface area contributed by atoms with Crippen molar-refractivity contribution in [3.63, 3.8) is 0 Å². The predicted octanol–water partition coefficient (Wildman–Crippen LogP) is 4.23. The van der Waals surface area contributed by atoms with Gasteiger partial charge in [-0.2, -0.15) is 0 Å². The van der Waals surface area contributed by atoms with Gasteiger partial charge >= 0.3 is 0 Å². The summed E-state index contributed by atoms with van der Waals surface area (Å²) in [5.41, 5.74) is 1.72. The predicted molar refractivity (Wildman–Crippen MR) is 126 cm³/mol. The molecule has 2 aliphatic rings. The van der Waals surface area contributed by atoms with Crippen LogP contribution in [0.1, 0.15) is 49.2 Å². The number of aliphatic hydroxyl groups excluding tert-OH is 1. The second-order valence-electron chi connectivity index (χ2n) is 8.34. The van der Waals surface area contributed by atoms with E-state index in [1.165, 1.54) is 11.3 Å². The molecule has 0 saturated carbocycles. The molecule has 1 aromatic carbocycles. The van der Waals surface area contributed by atoms with Crippen molar-refractivity contribution >= 4 is 28.8 Å². The van der Waals surface area contributed by atoms with Crippen molar-refractivity contribution in [3.05, 3.63) is 57.3 Å². The SMILES string of the molecule is CCN(CC)CCCN1C(=O)C(=O)C(=C(O)c2ccc3c(c2)C[C@@H](C)O3)[C@H]1c1cccs1. The molecular formula is C25H30N2O4S. The number of benzene rings is 1. The van der Waals surface area contributed by atoms with E-state index in [-0.39, 0.29) is 17.4 Å². The molecule has 1 fully saturated rings. The Morgan fingerprint density at radius 1 is 1.25 bits per heavy atom. The van der Waals surface area contributed by atoms with Gasteiger partial charge in [0, 0.05) is 23.4 Å². The third-order valence-corrected chi connectivity index (χ3v) is 7.21. The molecule has 0 aliphatic carbocycles. The van der Waals surface area contributed by atoms with Gasteiger partial charge in [0.1, 0.15) is 17.6 Å². The molecule has 0 radical (unpaired) electrons. The number of carbonyl (C=O) groups is 2. The number of ketones is 1. The van der Waals surface area contributed by atoms with E-state index in [0.717, 1.165) is 48.7 Å². The van der Waals surface area contributed by atoms with Crippen molar-refractivity contribution < 1.29 is 19.4 Å². The smallest absolute Gasteiger partial charge is 0.295 e. The Kier molecular flexibility index (Phi) is 6.67. The number of Topliss-reactive ketones (excluding diaryl/α,β-unsaturated/α-hetero) is 1. The zero-order valence-electron chi connectivity index (χ0n) is 18.8. The first-order valence-corrected chi connectivity index (χ1v) is 12.2. The van der Waals surface area contributed by atoms with Crippen molar-refractivity contribution in [2.75, 3.05) is 26.2 Å². The van der Waals surface area contributed by atoms with E-state index in [0.29, 0.717) is 12.1 Å². The highest BCUT2D eigenvalue weighted by molar-refractivity contribution is 7.10. The number of amides is 1. The van der Waals surface area contributed by atoms with Crippen LogP contribution < -0.4 is 4.74 Å². The fourth-order valence-corrected chi connectivity index (χ4v) is 5.43. The fourth-order valence-electron chi connectivity index (χ4n) is 4.58. The number of likely N-dealkylation sites (tertiary alicyclic amines) is 1. The van der Waals surface area contributed by atoms with Crippen LogP contribution in [-0.4, -0.2) is 58.9 Å². The Balaban J connectivity index is 1.68. The van der Waals surface area contributed by atoms with Gasteiger partial charge in [-0.05, 0) is 68.2 Å². The summed E-state index contributed by atoms with van der Waals surface area (Å²) < 4.78 is 5.75. The zero-order chi connectivity index (χ0) is 22.8. The van der Waals surface area contributed by atoms with E-state index in [2.05, 4.69) is 18.7 Å². The summed E-state index contributed by atoms with van der Waals surface area (Å²) in [6, 6.07) is 8.72. The second kappa shape index (κ2) is 9.46. The third-order valence-electron chi connectivity index (χ3n) is 6.29. The summed E-state index contributed by atoms with van der Waals surface area (Å²) in [6.45, 7) is 9.45. The topological polar surface area (TPSA) is 70.1 Å². The van der Waals surface area contributed by atoms with Crippen LogP contribution >= 0.6 is 11.3 Å². The van der Waals surface area contributed by atoms with Gasteiger partial charge in [0.05, 0.1) is 11.6 Å². The number of nitrogens with zero attached hydrogens (tertiary/aromatic N) is 2. The third kappa shape index (κ3) is 4.19. The molecule has 4 rings (SSSR count). The summed E-state index contributed by atoms with van der Waals surface area (Å²) in [6.07, 6.45) is 1.61. The Morgan fingerprint density at radius 3 is 2.72 bits per heavy atom. The number of fused-ring (bicyclic) bond motifs is 1. The Hall–Kier alpha value is -2.64. The van der Waals surface area contributed by atoms with Crippen LogP contribution in [0.25, 0.3) is 5.76 Å². The average molecular weight is 455 g/mol. The van der Waals surface area contributed by atoms with Crippen LogP contribution in [0.15, 0.2) is 41.3 Å². The molecule has 0 spiro atoms. The molecular weight excluding hydrogens is 424 g/mol. The molecule has 0 unspecified atom stereocenters. The van der Waals surface area contributed by atoms with E-state index in [1.54, 1.807) is 11.0 Å². The second-order valence-corrected chi connectivity index (χ2v) is 9.32. The van der Waals surface area contributed by atoms with E-state index in [9.17, 15) is 14.7 Å². The molecule has 7 heteroatoms. The minimum Gasteiger partial charge on any atom is -0.507 e. The Bertz CT molecular complexity index is 1030. The van der Waals surface area contributed by atoms with Gasteiger partial charge in [0.15, 0.2) is 0 Å². The summed E-state index contributed by atoms with van der Waals surface area (Å²) in [7, 11) is 0. The average Bonchev–Trinajstić information content (AvgIpc) is 3.49. The van der Waals surface area contributed by atoms with Gasteiger partial charge < -0.3 is 19.6 Å². The lowest BCUT2D eigenvalue weighted by molar-refractivity contribution is -0.139. The van der Waals surface area contributed by atoms with Crippen LogP contribution in [0.4, 0.5) is 0 Å². The minimum absolute atomic E-state index is 0.0879. The van der Waals surface area contributed by atoms with E-state index >= 15 is 0 Å². The lowest BCUT2D eigenvalue weighted by atomic mass is 9.98. The standard InChI is InChI=1S/C25H30N2O4S/c1-4-26(5-2)11-7-12-27-22(20-8-6-13-32-20)21(24(29)25(27)30)23(28)17-9-10-19-18(15-17)14-16(3)31-19/h6,8-10,13,15-16,22,28H,4-5,7,11-12,14H2,1-3H3/t16-,22-/m1/s1. The fraction of sp³-hybridized carbons (Fsp3) is 0.440. The maximum atomic E-state index is 13.1. The monoisotopic (exact) mass is 454 g/mol. The maximum Gasteiger partial charge on any atom is 0.295 e. The molecule has 170 valence electrons. The number of hydrogen-bond donors (Lipinski definition) is 1. The van der Waals surface area contributed by atoms with Gasteiger partial charge in [-0.3, -0.25) is 9.59 Å². The molecule has 3 heterocycles. The van der Waals surface area contributed by atoms with Gasteiger partial charge in [-0.1, -0.05) is 19.9 Å². The highest BCUT2D eigenvalue weighted by Crippen LogP contribution is 2.42. The summed E-state index contributed by atoms with van der Waals surface area (Å²) >= 11 is 1.49. The largest absolute Gasteiger partial charge is 0.507 e. The molecule has 1 N–H and O–H groups in total. The molecule has 32 heavy (non-hydrogen) atoms. The lowest BCUT2D eigenvalue weighted by Gasteiger charge is -2.25. The zero-order valence-corrected chi connectivity index (χ0v) is 19.7. The molecule has 6 nitrogen and oxygen atoms in total. The summed E-state index contributed by atoms with van der Waals surface area (Å²) in [5, 5.41) is 13.1. The number of carbonyl (C=O) groups excluding carboxylic acids is 2. The first-order chi connectivity index (χ1) is 15.4. The minimum atomic E-state index is -0.617. The Labute approximate surface area is 193 Å². The van der Waals surface area contributed by atoms with Crippen molar-refractivity contribution in [2.24, 2.45) is 0 Å². The van der Waals surface area contributed by atoms with Crippen molar-refractivity contribution in [1.82, 2.24) is 9.80 Å². The lowest BCUT2D eigenvalue weighted by Crippen LogP contribution is -2.33. The molecule has 0 bridgehead atoms. The highest BCUT2D eigenvalue weighted by Gasteiger charge is 2.46.